The minimum atomic E-state index is 0.227. The van der Waals surface area contributed by atoms with Crippen molar-refractivity contribution in [1.82, 2.24) is 10.2 Å². The fourth-order valence-electron chi connectivity index (χ4n) is 2.83. The summed E-state index contributed by atoms with van der Waals surface area (Å²) in [5.74, 6) is 1.26. The van der Waals surface area contributed by atoms with Gasteiger partial charge in [0.25, 0.3) is 0 Å². The molecule has 0 spiro atoms. The van der Waals surface area contributed by atoms with E-state index >= 15 is 0 Å². The topological polar surface area (TPSA) is 15.3 Å². The van der Waals surface area contributed by atoms with Gasteiger partial charge in [0.2, 0.25) is 0 Å². The van der Waals surface area contributed by atoms with E-state index in [9.17, 15) is 0 Å². The van der Waals surface area contributed by atoms with Crippen LogP contribution in [0.4, 0.5) is 0 Å². The van der Waals surface area contributed by atoms with Crippen LogP contribution >= 0.6 is 11.8 Å². The summed E-state index contributed by atoms with van der Waals surface area (Å²) < 4.78 is 0. The molecular formula is C16H26N2S. The van der Waals surface area contributed by atoms with Gasteiger partial charge in [-0.25, -0.2) is 0 Å². The maximum atomic E-state index is 3.68. The van der Waals surface area contributed by atoms with Crippen LogP contribution in [0, 0.1) is 0 Å². The van der Waals surface area contributed by atoms with Crippen molar-refractivity contribution < 1.29 is 0 Å². The first-order chi connectivity index (χ1) is 9.12. The van der Waals surface area contributed by atoms with E-state index in [1.807, 2.05) is 11.8 Å². The number of thioether (sulfide) groups is 1. The second-order valence-electron chi connectivity index (χ2n) is 6.01. The van der Waals surface area contributed by atoms with Crippen molar-refractivity contribution in [2.24, 2.45) is 0 Å². The smallest absolute Gasteiger partial charge is 0.0473 e. The Morgan fingerprint density at radius 1 is 1.32 bits per heavy atom. The molecule has 1 atom stereocenters. The summed E-state index contributed by atoms with van der Waals surface area (Å²) in [6, 6.07) is 11.4. The molecule has 1 aliphatic rings. The lowest BCUT2D eigenvalue weighted by molar-refractivity contribution is 0.0955. The SMILES string of the molecule is CSCCCN1CC(C)(C)NCC1c1ccccc1. The molecular weight excluding hydrogens is 252 g/mol. The van der Waals surface area contributed by atoms with Crippen molar-refractivity contribution in [3.63, 3.8) is 0 Å². The average Bonchev–Trinajstić information content (AvgIpc) is 2.39. The lowest BCUT2D eigenvalue weighted by Crippen LogP contribution is -2.58. The first-order valence-electron chi connectivity index (χ1n) is 7.15. The highest BCUT2D eigenvalue weighted by Gasteiger charge is 2.32. The molecule has 1 heterocycles. The van der Waals surface area contributed by atoms with Crippen molar-refractivity contribution in [3.8, 4) is 0 Å². The Morgan fingerprint density at radius 3 is 2.74 bits per heavy atom. The predicted molar refractivity (Wildman–Crippen MR) is 85.8 cm³/mol. The Bertz CT molecular complexity index is 378. The van der Waals surface area contributed by atoms with Crippen LogP contribution in [-0.2, 0) is 0 Å². The summed E-state index contributed by atoms with van der Waals surface area (Å²) in [4.78, 5) is 2.65. The van der Waals surface area contributed by atoms with Crippen LogP contribution < -0.4 is 5.32 Å². The fraction of sp³-hybridized carbons (Fsp3) is 0.625. The second kappa shape index (κ2) is 6.78. The van der Waals surface area contributed by atoms with E-state index in [-0.39, 0.29) is 5.54 Å². The van der Waals surface area contributed by atoms with Crippen LogP contribution in [0.15, 0.2) is 30.3 Å². The van der Waals surface area contributed by atoms with Gasteiger partial charge in [-0.2, -0.15) is 11.8 Å². The molecule has 1 aliphatic heterocycles. The molecule has 0 radical (unpaired) electrons. The minimum absolute atomic E-state index is 0.227. The molecule has 0 aliphatic carbocycles. The van der Waals surface area contributed by atoms with Crippen molar-refractivity contribution in [3.05, 3.63) is 35.9 Å². The highest BCUT2D eigenvalue weighted by atomic mass is 32.2. The molecule has 1 N–H and O–H groups in total. The van der Waals surface area contributed by atoms with Gasteiger partial charge in [-0.1, -0.05) is 30.3 Å². The van der Waals surface area contributed by atoms with Gasteiger partial charge in [0.1, 0.15) is 0 Å². The molecule has 1 saturated heterocycles. The molecule has 0 bridgehead atoms. The quantitative estimate of drug-likeness (QED) is 0.833. The number of nitrogens with one attached hydrogen (secondary N) is 1. The Kier molecular flexibility index (Phi) is 5.31. The molecule has 0 saturated carbocycles. The first-order valence-corrected chi connectivity index (χ1v) is 8.55. The molecule has 3 heteroatoms. The molecule has 2 nitrogen and oxygen atoms in total. The summed E-state index contributed by atoms with van der Waals surface area (Å²) >= 11 is 1.94. The number of rotatable bonds is 5. The van der Waals surface area contributed by atoms with Gasteiger partial charge in [-0.3, -0.25) is 4.90 Å². The van der Waals surface area contributed by atoms with Gasteiger partial charge >= 0.3 is 0 Å². The Hall–Kier alpha value is -0.510. The highest BCUT2D eigenvalue weighted by Crippen LogP contribution is 2.27. The van der Waals surface area contributed by atoms with Crippen LogP contribution in [0.1, 0.15) is 31.9 Å². The van der Waals surface area contributed by atoms with Crippen molar-refractivity contribution in [1.29, 1.82) is 0 Å². The van der Waals surface area contributed by atoms with E-state index in [0.29, 0.717) is 6.04 Å². The second-order valence-corrected chi connectivity index (χ2v) is 6.99. The van der Waals surface area contributed by atoms with Gasteiger partial charge < -0.3 is 5.32 Å². The lowest BCUT2D eigenvalue weighted by Gasteiger charge is -2.45. The molecule has 1 aromatic rings. The number of nitrogens with zero attached hydrogens (tertiary/aromatic N) is 1. The largest absolute Gasteiger partial charge is 0.309 e. The Balaban J connectivity index is 2.06. The zero-order chi connectivity index (χ0) is 13.7. The van der Waals surface area contributed by atoms with Crippen molar-refractivity contribution >= 4 is 11.8 Å². The van der Waals surface area contributed by atoms with Gasteiger partial charge in [0.15, 0.2) is 0 Å². The zero-order valence-corrected chi connectivity index (χ0v) is 13.2. The molecule has 1 aromatic carbocycles. The molecule has 0 amide bonds. The number of benzene rings is 1. The monoisotopic (exact) mass is 278 g/mol. The summed E-state index contributed by atoms with van der Waals surface area (Å²) in [5.41, 5.74) is 1.67. The van der Waals surface area contributed by atoms with Crippen LogP contribution in [0.5, 0.6) is 0 Å². The number of hydrogen-bond donors (Lipinski definition) is 1. The van der Waals surface area contributed by atoms with Crippen LogP contribution in [0.3, 0.4) is 0 Å². The summed E-state index contributed by atoms with van der Waals surface area (Å²) in [7, 11) is 0. The van der Waals surface area contributed by atoms with E-state index < -0.39 is 0 Å². The van der Waals surface area contributed by atoms with Crippen LogP contribution in [0.25, 0.3) is 0 Å². The molecule has 19 heavy (non-hydrogen) atoms. The predicted octanol–water partition coefficient (Wildman–Crippen LogP) is 3.16. The molecule has 1 unspecified atom stereocenters. The van der Waals surface area contributed by atoms with Gasteiger partial charge in [0, 0.05) is 24.7 Å². The number of hydrogen-bond acceptors (Lipinski definition) is 3. The maximum absolute atomic E-state index is 3.68. The maximum Gasteiger partial charge on any atom is 0.0473 e. The van der Waals surface area contributed by atoms with Crippen molar-refractivity contribution in [2.75, 3.05) is 31.6 Å². The van der Waals surface area contributed by atoms with E-state index in [0.717, 1.165) is 13.1 Å². The van der Waals surface area contributed by atoms with E-state index in [4.69, 9.17) is 0 Å². The van der Waals surface area contributed by atoms with E-state index in [1.54, 1.807) is 0 Å². The van der Waals surface area contributed by atoms with Crippen LogP contribution in [0.2, 0.25) is 0 Å². The van der Waals surface area contributed by atoms with Crippen molar-refractivity contribution in [2.45, 2.75) is 31.8 Å². The highest BCUT2D eigenvalue weighted by molar-refractivity contribution is 7.98. The lowest BCUT2D eigenvalue weighted by atomic mass is 9.95. The first kappa shape index (κ1) is 14.9. The molecule has 1 fully saturated rings. The third kappa shape index (κ3) is 4.23. The standard InChI is InChI=1S/C16H26N2S/c1-16(2)13-18(10-7-11-19-3)15(12-17-16)14-8-5-4-6-9-14/h4-6,8-9,15,17H,7,10-13H2,1-3H3. The molecule has 0 aromatic heterocycles. The Labute approximate surface area is 122 Å². The molecule has 2 rings (SSSR count). The third-order valence-electron chi connectivity index (χ3n) is 3.79. The fourth-order valence-corrected chi connectivity index (χ4v) is 3.24. The average molecular weight is 278 g/mol. The summed E-state index contributed by atoms with van der Waals surface area (Å²) in [6.07, 6.45) is 3.47. The molecule has 106 valence electrons. The summed E-state index contributed by atoms with van der Waals surface area (Å²) in [5, 5.41) is 3.68. The number of piperazine rings is 1. The Morgan fingerprint density at radius 2 is 2.05 bits per heavy atom. The summed E-state index contributed by atoms with van der Waals surface area (Å²) in [6.45, 7) is 7.98. The zero-order valence-electron chi connectivity index (χ0n) is 12.4. The van der Waals surface area contributed by atoms with Gasteiger partial charge in [-0.15, -0.1) is 0 Å². The van der Waals surface area contributed by atoms with Gasteiger partial charge in [0.05, 0.1) is 0 Å². The van der Waals surface area contributed by atoms with Crippen LogP contribution in [-0.4, -0.2) is 42.1 Å². The normalized spacial score (nSPS) is 23.4. The van der Waals surface area contributed by atoms with Gasteiger partial charge in [-0.05, 0) is 44.4 Å². The minimum Gasteiger partial charge on any atom is -0.309 e. The van der Waals surface area contributed by atoms with E-state index in [2.05, 4.69) is 60.7 Å². The van der Waals surface area contributed by atoms with E-state index in [1.165, 1.54) is 24.3 Å². The third-order valence-corrected chi connectivity index (χ3v) is 4.49.